The third-order valence-corrected chi connectivity index (χ3v) is 7.82. The van der Waals surface area contributed by atoms with Gasteiger partial charge < -0.3 is 14.6 Å². The summed E-state index contributed by atoms with van der Waals surface area (Å²) in [6.45, 7) is 2.22. The van der Waals surface area contributed by atoms with Gasteiger partial charge in [0.1, 0.15) is 9.17 Å². The van der Waals surface area contributed by atoms with E-state index in [1.54, 1.807) is 6.92 Å². The van der Waals surface area contributed by atoms with Gasteiger partial charge in [0.05, 0.1) is 5.56 Å². The predicted octanol–water partition coefficient (Wildman–Crippen LogP) is 5.01. The minimum Gasteiger partial charge on any atom is -0.452 e. The first-order valence-corrected chi connectivity index (χ1v) is 10.6. The maximum absolute atomic E-state index is 13.0. The van der Waals surface area contributed by atoms with Gasteiger partial charge in [-0.25, -0.2) is 4.79 Å². The van der Waals surface area contributed by atoms with Crippen molar-refractivity contribution in [3.05, 3.63) is 29.8 Å². The second-order valence-corrected chi connectivity index (χ2v) is 9.99. The Bertz CT molecular complexity index is 773. The summed E-state index contributed by atoms with van der Waals surface area (Å²) in [5.74, 6) is -2.13. The number of ether oxygens (including phenoxy) is 2. The summed E-state index contributed by atoms with van der Waals surface area (Å²) in [5, 5.41) is 9.46. The number of benzene rings is 1. The van der Waals surface area contributed by atoms with Crippen molar-refractivity contribution in [2.45, 2.75) is 47.7 Å². The van der Waals surface area contributed by atoms with Crippen LogP contribution in [0.15, 0.2) is 24.3 Å². The number of esters is 2. The first-order chi connectivity index (χ1) is 13.3. The Morgan fingerprint density at radius 3 is 1.77 bits per heavy atom. The zero-order chi connectivity index (χ0) is 23.8. The van der Waals surface area contributed by atoms with Crippen LogP contribution in [0.5, 0.6) is 5.75 Å². The smallest absolute Gasteiger partial charge is 0.430 e. The highest BCUT2D eigenvalue weighted by Gasteiger charge is 2.78. The summed E-state index contributed by atoms with van der Waals surface area (Å²) in [6.07, 6.45) is -12.3. The first kappa shape index (κ1) is 27.2. The van der Waals surface area contributed by atoms with Crippen molar-refractivity contribution in [1.82, 2.24) is 0 Å². The lowest BCUT2D eigenvalue weighted by molar-refractivity contribution is -0.406. The van der Waals surface area contributed by atoms with Crippen LogP contribution in [0.4, 0.5) is 26.3 Å². The molecule has 0 spiro atoms. The molecule has 0 aliphatic rings. The number of hydrogen-bond donors (Lipinski definition) is 1. The molecule has 5 nitrogen and oxygen atoms in total. The van der Waals surface area contributed by atoms with E-state index in [4.69, 9.17) is 4.74 Å². The molecule has 0 fully saturated rings. The van der Waals surface area contributed by atoms with Crippen LogP contribution >= 0.6 is 45.2 Å². The molecule has 1 atom stereocenters. The number of aliphatic hydroxyl groups is 1. The van der Waals surface area contributed by atoms with Gasteiger partial charge in [0.15, 0.2) is 5.60 Å². The summed E-state index contributed by atoms with van der Waals surface area (Å²) in [4.78, 5) is 24.1. The molecule has 1 aromatic rings. The fourth-order valence-electron chi connectivity index (χ4n) is 2.13. The van der Waals surface area contributed by atoms with Gasteiger partial charge in [-0.3, -0.25) is 4.79 Å². The average molecular weight is 668 g/mol. The van der Waals surface area contributed by atoms with Crippen molar-refractivity contribution >= 4 is 57.1 Å². The molecule has 1 unspecified atom stereocenters. The van der Waals surface area contributed by atoms with Crippen LogP contribution in [-0.4, -0.2) is 48.4 Å². The molecule has 1 N–H and O–H groups in total. The maximum atomic E-state index is 13.0. The standard InChI is InChI=1S/C17H16F6I2O5/c1-13(2,15(28,16(18,19)20)17(21,22)23)30-11(26)9-4-6-10(7-5-9)29-12(27)14(3,25)8-24/h4-7,28H,8H2,1-3H3. The molecule has 30 heavy (non-hydrogen) atoms. The highest BCUT2D eigenvalue weighted by Crippen LogP contribution is 2.50. The Hall–Kier alpha value is -0.840. The fourth-order valence-corrected chi connectivity index (χ4v) is 2.56. The highest BCUT2D eigenvalue weighted by atomic mass is 127. The van der Waals surface area contributed by atoms with Crippen LogP contribution in [0.3, 0.4) is 0 Å². The lowest BCUT2D eigenvalue weighted by Gasteiger charge is -2.43. The molecular formula is C17H16F6I2O5. The molecule has 1 rings (SSSR count). The Morgan fingerprint density at radius 2 is 1.40 bits per heavy atom. The van der Waals surface area contributed by atoms with Crippen molar-refractivity contribution in [3.63, 3.8) is 0 Å². The summed E-state index contributed by atoms with van der Waals surface area (Å²) in [5.41, 5.74) is -9.13. The SMILES string of the molecule is CC(I)(CI)C(=O)Oc1ccc(C(=O)OC(C)(C)C(O)(C(F)(F)F)C(F)(F)F)cc1. The van der Waals surface area contributed by atoms with Crippen molar-refractivity contribution in [1.29, 1.82) is 0 Å². The molecule has 0 saturated carbocycles. The third-order valence-electron chi connectivity index (χ3n) is 4.02. The molecular weight excluding hydrogens is 652 g/mol. The monoisotopic (exact) mass is 668 g/mol. The molecule has 13 heteroatoms. The second-order valence-electron chi connectivity index (χ2n) is 6.85. The van der Waals surface area contributed by atoms with Crippen molar-refractivity contribution < 1.29 is 50.5 Å². The Balaban J connectivity index is 3.08. The number of carbonyl (C=O) groups is 2. The first-order valence-electron chi connectivity index (χ1n) is 7.96. The Kier molecular flexibility index (Phi) is 8.12. The number of alkyl halides is 8. The fraction of sp³-hybridized carbons (Fsp3) is 0.529. The van der Waals surface area contributed by atoms with Gasteiger partial charge in [-0.15, -0.1) is 0 Å². The van der Waals surface area contributed by atoms with Crippen LogP contribution in [0.25, 0.3) is 0 Å². The van der Waals surface area contributed by atoms with Gasteiger partial charge >= 0.3 is 24.3 Å². The van der Waals surface area contributed by atoms with Crippen molar-refractivity contribution in [3.8, 4) is 5.75 Å². The quantitative estimate of drug-likeness (QED) is 0.152. The summed E-state index contributed by atoms with van der Waals surface area (Å²) >= 11 is 3.86. The molecule has 0 aromatic heterocycles. The number of rotatable bonds is 6. The topological polar surface area (TPSA) is 72.8 Å². The molecule has 0 amide bonds. The van der Waals surface area contributed by atoms with E-state index >= 15 is 0 Å². The van der Waals surface area contributed by atoms with Crippen molar-refractivity contribution in [2.75, 3.05) is 4.43 Å². The number of hydrogen-bond acceptors (Lipinski definition) is 5. The van der Waals surface area contributed by atoms with Crippen LogP contribution in [-0.2, 0) is 9.53 Å². The van der Waals surface area contributed by atoms with E-state index in [9.17, 15) is 41.0 Å². The van der Waals surface area contributed by atoms with E-state index in [0.717, 1.165) is 24.3 Å². The van der Waals surface area contributed by atoms with Gasteiger partial charge in [-0.1, -0.05) is 45.2 Å². The van der Waals surface area contributed by atoms with E-state index in [1.165, 1.54) is 0 Å². The second kappa shape index (κ2) is 8.96. The van der Waals surface area contributed by atoms with Crippen LogP contribution in [0.2, 0.25) is 0 Å². The largest absolute Gasteiger partial charge is 0.452 e. The highest BCUT2D eigenvalue weighted by molar-refractivity contribution is 14.1. The van der Waals surface area contributed by atoms with Crippen LogP contribution in [0.1, 0.15) is 31.1 Å². The summed E-state index contributed by atoms with van der Waals surface area (Å²) < 4.78 is 87.3. The molecule has 0 aliphatic heterocycles. The van der Waals surface area contributed by atoms with E-state index in [2.05, 4.69) is 4.74 Å². The van der Waals surface area contributed by atoms with Gasteiger partial charge in [0.2, 0.25) is 0 Å². The normalized spacial score (nSPS) is 15.3. The van der Waals surface area contributed by atoms with Gasteiger partial charge in [0.25, 0.3) is 5.60 Å². The number of carbonyl (C=O) groups excluding carboxylic acids is 2. The van der Waals surface area contributed by atoms with Gasteiger partial charge in [-0.05, 0) is 45.0 Å². The van der Waals surface area contributed by atoms with Gasteiger partial charge in [-0.2, -0.15) is 26.3 Å². The summed E-state index contributed by atoms with van der Waals surface area (Å²) in [6, 6.07) is 4.24. The minimum absolute atomic E-state index is 0.00522. The van der Waals surface area contributed by atoms with E-state index < -0.39 is 44.5 Å². The van der Waals surface area contributed by atoms with Crippen LogP contribution in [0, 0.1) is 0 Å². The van der Waals surface area contributed by atoms with E-state index in [0.29, 0.717) is 18.3 Å². The average Bonchev–Trinajstić information content (AvgIpc) is 2.58. The molecule has 170 valence electrons. The molecule has 0 saturated heterocycles. The van der Waals surface area contributed by atoms with E-state index in [1.807, 2.05) is 45.2 Å². The molecule has 0 heterocycles. The third kappa shape index (κ3) is 5.49. The molecule has 0 aliphatic carbocycles. The Labute approximate surface area is 194 Å². The Morgan fingerprint density at radius 1 is 0.967 bits per heavy atom. The lowest BCUT2D eigenvalue weighted by atomic mass is 9.84. The van der Waals surface area contributed by atoms with Crippen molar-refractivity contribution in [2.24, 2.45) is 0 Å². The van der Waals surface area contributed by atoms with Gasteiger partial charge in [0, 0.05) is 4.43 Å². The minimum atomic E-state index is -6.17. The molecule has 0 radical (unpaired) electrons. The predicted molar refractivity (Wildman–Crippen MR) is 110 cm³/mol. The zero-order valence-corrected chi connectivity index (χ0v) is 19.9. The van der Waals surface area contributed by atoms with E-state index in [-0.39, 0.29) is 5.75 Å². The molecule has 1 aromatic carbocycles. The molecule has 0 bridgehead atoms. The lowest BCUT2D eigenvalue weighted by Crippen LogP contribution is -2.69. The number of halogens is 8. The zero-order valence-electron chi connectivity index (χ0n) is 15.6. The van der Waals surface area contributed by atoms with Crippen LogP contribution < -0.4 is 4.74 Å². The summed E-state index contributed by atoms with van der Waals surface area (Å²) in [7, 11) is 0. The maximum Gasteiger partial charge on any atom is 0.430 e.